The molecular formula is C6H10O4S. The molecule has 0 aromatic carbocycles. The second kappa shape index (κ2) is 3.61. The molecule has 0 fully saturated rings. The summed E-state index contributed by atoms with van der Waals surface area (Å²) in [4.78, 5) is 20.3. The van der Waals surface area contributed by atoms with E-state index in [4.69, 9.17) is 10.2 Å². The Bertz CT molecular complexity index is 157. The molecule has 11 heavy (non-hydrogen) atoms. The molecule has 0 unspecified atom stereocenters. The van der Waals surface area contributed by atoms with Gasteiger partial charge in [-0.05, 0) is 6.92 Å². The molecule has 0 aromatic heterocycles. The highest BCUT2D eigenvalue weighted by Crippen LogP contribution is 2.22. The molecule has 64 valence electrons. The van der Waals surface area contributed by atoms with E-state index in [1.165, 1.54) is 6.92 Å². The minimum Gasteiger partial charge on any atom is -0.481 e. The van der Waals surface area contributed by atoms with Crippen molar-refractivity contribution < 1.29 is 19.8 Å². The molecule has 0 spiro atoms. The minimum absolute atomic E-state index is 0.248. The van der Waals surface area contributed by atoms with Crippen LogP contribution in [0.15, 0.2) is 0 Å². The molecule has 0 radical (unpaired) electrons. The number of rotatable bonds is 4. The van der Waals surface area contributed by atoms with Gasteiger partial charge < -0.3 is 10.2 Å². The third kappa shape index (κ3) is 5.72. The normalized spacial score (nSPS) is 11.1. The summed E-state index contributed by atoms with van der Waals surface area (Å²) in [7, 11) is 0. The Morgan fingerprint density at radius 2 is 1.55 bits per heavy atom. The zero-order valence-corrected chi connectivity index (χ0v) is 6.97. The van der Waals surface area contributed by atoms with E-state index in [2.05, 4.69) is 12.6 Å². The van der Waals surface area contributed by atoms with E-state index in [0.717, 1.165) is 0 Å². The van der Waals surface area contributed by atoms with Crippen molar-refractivity contribution in [3.63, 3.8) is 0 Å². The molecule has 0 amide bonds. The molecule has 0 heterocycles. The summed E-state index contributed by atoms with van der Waals surface area (Å²) in [6.45, 7) is 1.48. The monoisotopic (exact) mass is 178 g/mol. The lowest BCUT2D eigenvalue weighted by atomic mass is 10.0. The predicted molar refractivity (Wildman–Crippen MR) is 41.9 cm³/mol. The summed E-state index contributed by atoms with van der Waals surface area (Å²) in [6, 6.07) is 0. The van der Waals surface area contributed by atoms with E-state index < -0.39 is 16.7 Å². The lowest BCUT2D eigenvalue weighted by Gasteiger charge is -2.17. The summed E-state index contributed by atoms with van der Waals surface area (Å²) >= 11 is 3.90. The number of carbonyl (C=O) groups is 2. The van der Waals surface area contributed by atoms with Crippen molar-refractivity contribution in [1.82, 2.24) is 0 Å². The molecule has 0 rings (SSSR count). The van der Waals surface area contributed by atoms with Gasteiger partial charge in [0, 0.05) is 4.75 Å². The molecule has 0 atom stereocenters. The fourth-order valence-electron chi connectivity index (χ4n) is 0.714. The van der Waals surface area contributed by atoms with Gasteiger partial charge in [-0.1, -0.05) is 0 Å². The average molecular weight is 178 g/mol. The fraction of sp³-hybridized carbons (Fsp3) is 0.667. The zero-order chi connectivity index (χ0) is 9.07. The number of carboxylic acid groups (broad SMARTS) is 2. The van der Waals surface area contributed by atoms with Crippen molar-refractivity contribution in [2.45, 2.75) is 24.5 Å². The van der Waals surface area contributed by atoms with E-state index in [1.54, 1.807) is 0 Å². The van der Waals surface area contributed by atoms with Crippen molar-refractivity contribution in [2.75, 3.05) is 0 Å². The number of thiol groups is 1. The molecule has 0 aliphatic heterocycles. The van der Waals surface area contributed by atoms with Crippen LogP contribution < -0.4 is 0 Å². The van der Waals surface area contributed by atoms with Gasteiger partial charge >= 0.3 is 11.9 Å². The Hall–Kier alpha value is -0.710. The van der Waals surface area contributed by atoms with Crippen LogP contribution in [0.4, 0.5) is 0 Å². The highest BCUT2D eigenvalue weighted by atomic mass is 32.1. The van der Waals surface area contributed by atoms with Crippen LogP contribution in [-0.2, 0) is 9.59 Å². The number of aliphatic carboxylic acids is 2. The number of hydrogen-bond acceptors (Lipinski definition) is 3. The smallest absolute Gasteiger partial charge is 0.304 e. The summed E-state index contributed by atoms with van der Waals surface area (Å²) < 4.78 is -0.961. The molecule has 0 aliphatic carbocycles. The van der Waals surface area contributed by atoms with Crippen molar-refractivity contribution >= 4 is 24.6 Å². The maximum atomic E-state index is 10.2. The second-order valence-electron chi connectivity index (χ2n) is 2.64. The first-order chi connectivity index (χ1) is 4.83. The van der Waals surface area contributed by atoms with Crippen LogP contribution in [0.1, 0.15) is 19.8 Å². The Morgan fingerprint density at radius 1 is 1.27 bits per heavy atom. The quantitative estimate of drug-likeness (QED) is 0.552. The summed E-state index contributed by atoms with van der Waals surface area (Å²) in [6.07, 6.45) is -0.495. The number of hydrogen-bond donors (Lipinski definition) is 3. The van der Waals surface area contributed by atoms with Gasteiger partial charge in [-0.3, -0.25) is 9.59 Å². The van der Waals surface area contributed by atoms with Crippen molar-refractivity contribution in [2.24, 2.45) is 0 Å². The second-order valence-corrected chi connectivity index (χ2v) is 3.72. The highest BCUT2D eigenvalue weighted by molar-refractivity contribution is 7.81. The summed E-state index contributed by atoms with van der Waals surface area (Å²) in [5, 5.41) is 16.6. The van der Waals surface area contributed by atoms with E-state index in [-0.39, 0.29) is 12.8 Å². The van der Waals surface area contributed by atoms with Gasteiger partial charge in [-0.25, -0.2) is 0 Å². The highest BCUT2D eigenvalue weighted by Gasteiger charge is 2.25. The average Bonchev–Trinajstić information content (AvgIpc) is 1.53. The standard InChI is InChI=1S/C6H10O4S/c1-6(11,2-4(7)8)3-5(9)10/h11H,2-3H2,1H3,(H,7,8)(H,9,10). The molecule has 0 aliphatic rings. The minimum atomic E-state index is -1.04. The van der Waals surface area contributed by atoms with Crippen molar-refractivity contribution in [3.05, 3.63) is 0 Å². The molecule has 0 bridgehead atoms. The molecule has 0 saturated carbocycles. The SMILES string of the molecule is CC(S)(CC(=O)O)CC(=O)O. The van der Waals surface area contributed by atoms with Gasteiger partial charge in [0.25, 0.3) is 0 Å². The van der Waals surface area contributed by atoms with E-state index >= 15 is 0 Å². The van der Waals surface area contributed by atoms with E-state index in [0.29, 0.717) is 0 Å². The van der Waals surface area contributed by atoms with Gasteiger partial charge in [-0.15, -0.1) is 0 Å². The lowest BCUT2D eigenvalue weighted by molar-refractivity contribution is -0.139. The van der Waals surface area contributed by atoms with Crippen molar-refractivity contribution in [3.8, 4) is 0 Å². The third-order valence-corrected chi connectivity index (χ3v) is 1.38. The predicted octanol–water partition coefficient (Wildman–Crippen LogP) is 0.624. The number of carboxylic acids is 2. The third-order valence-electron chi connectivity index (χ3n) is 1.06. The molecule has 0 saturated heterocycles. The Morgan fingerprint density at radius 3 is 1.73 bits per heavy atom. The van der Waals surface area contributed by atoms with Gasteiger partial charge in [0.2, 0.25) is 0 Å². The van der Waals surface area contributed by atoms with Crippen molar-refractivity contribution in [1.29, 1.82) is 0 Å². The van der Waals surface area contributed by atoms with Crippen LogP contribution in [0.25, 0.3) is 0 Å². The van der Waals surface area contributed by atoms with Crippen LogP contribution in [0.2, 0.25) is 0 Å². The van der Waals surface area contributed by atoms with Crippen LogP contribution in [-0.4, -0.2) is 26.9 Å². The van der Waals surface area contributed by atoms with E-state index in [1.807, 2.05) is 0 Å². The summed E-state index contributed by atoms with van der Waals surface area (Å²) in [5.41, 5.74) is 0. The van der Waals surface area contributed by atoms with Gasteiger partial charge in [0.05, 0.1) is 12.8 Å². The maximum absolute atomic E-state index is 10.2. The Balaban J connectivity index is 3.99. The van der Waals surface area contributed by atoms with Crippen LogP contribution >= 0.6 is 12.6 Å². The van der Waals surface area contributed by atoms with Gasteiger partial charge in [-0.2, -0.15) is 12.6 Å². The molecular weight excluding hydrogens is 168 g/mol. The molecule has 5 heteroatoms. The molecule has 2 N–H and O–H groups in total. The molecule has 0 aromatic rings. The lowest BCUT2D eigenvalue weighted by Crippen LogP contribution is -2.24. The molecule has 4 nitrogen and oxygen atoms in total. The zero-order valence-electron chi connectivity index (χ0n) is 6.07. The van der Waals surface area contributed by atoms with Gasteiger partial charge in [0.15, 0.2) is 0 Å². The first kappa shape index (κ1) is 10.3. The Kier molecular flexibility index (Phi) is 3.38. The van der Waals surface area contributed by atoms with E-state index in [9.17, 15) is 9.59 Å². The fourth-order valence-corrected chi connectivity index (χ4v) is 0.985. The van der Waals surface area contributed by atoms with Crippen LogP contribution in [0.5, 0.6) is 0 Å². The van der Waals surface area contributed by atoms with Crippen LogP contribution in [0, 0.1) is 0 Å². The topological polar surface area (TPSA) is 74.6 Å². The first-order valence-electron chi connectivity index (χ1n) is 2.99. The first-order valence-corrected chi connectivity index (χ1v) is 3.44. The maximum Gasteiger partial charge on any atom is 0.304 e. The van der Waals surface area contributed by atoms with Crippen LogP contribution in [0.3, 0.4) is 0 Å². The van der Waals surface area contributed by atoms with Gasteiger partial charge in [0.1, 0.15) is 0 Å². The Labute approximate surface area is 69.6 Å². The largest absolute Gasteiger partial charge is 0.481 e. The summed E-state index contributed by atoms with van der Waals surface area (Å²) in [5.74, 6) is -2.08.